The number of benzene rings is 3. The third kappa shape index (κ3) is 11.1. The lowest BCUT2D eigenvalue weighted by Gasteiger charge is -2.23. The molecule has 3 aromatic carbocycles. The molecule has 0 radical (unpaired) electrons. The number of carbonyl (C=O) groups excluding carboxylic acids is 2. The summed E-state index contributed by atoms with van der Waals surface area (Å²) in [6.07, 6.45) is 6.91. The molecular formula is C32H40ClN2O4+. The molecule has 0 spiro atoms. The van der Waals surface area contributed by atoms with E-state index in [1.807, 2.05) is 12.1 Å². The number of nitrogens with zero attached hydrogens (tertiary/aromatic N) is 1. The van der Waals surface area contributed by atoms with E-state index in [9.17, 15) is 9.59 Å². The van der Waals surface area contributed by atoms with Crippen LogP contribution in [0.4, 0.5) is 5.69 Å². The predicted molar refractivity (Wildman–Crippen MR) is 159 cm³/mol. The van der Waals surface area contributed by atoms with Crippen molar-refractivity contribution in [2.45, 2.75) is 44.9 Å². The van der Waals surface area contributed by atoms with E-state index in [1.54, 1.807) is 48.5 Å². The Kier molecular flexibility index (Phi) is 11.8. The number of unbranched alkanes of at least 4 members (excludes halogenated alkanes) is 5. The SMILES string of the molecule is C[N+](C)(C)c1ccc(CC(=O)NCCCCCCCCOc2ccc(OC(=O)c3cccc(Cl)c3)cc2)cc1. The molecule has 0 aliphatic rings. The van der Waals surface area contributed by atoms with Crippen molar-refractivity contribution >= 4 is 29.2 Å². The maximum atomic E-state index is 12.2. The van der Waals surface area contributed by atoms with Crippen molar-refractivity contribution < 1.29 is 19.1 Å². The molecule has 0 saturated carbocycles. The lowest BCUT2D eigenvalue weighted by Crippen LogP contribution is -2.34. The molecule has 1 amide bonds. The van der Waals surface area contributed by atoms with Crippen LogP contribution in [0.2, 0.25) is 5.02 Å². The average Bonchev–Trinajstić information content (AvgIpc) is 2.90. The van der Waals surface area contributed by atoms with Crippen LogP contribution in [0.1, 0.15) is 54.4 Å². The number of nitrogens with one attached hydrogen (secondary N) is 1. The minimum atomic E-state index is -0.449. The van der Waals surface area contributed by atoms with Gasteiger partial charge in [-0.2, -0.15) is 0 Å². The van der Waals surface area contributed by atoms with E-state index >= 15 is 0 Å². The van der Waals surface area contributed by atoms with Gasteiger partial charge in [0, 0.05) is 11.6 Å². The van der Waals surface area contributed by atoms with Crippen LogP contribution in [-0.4, -0.2) is 46.2 Å². The van der Waals surface area contributed by atoms with Crippen LogP contribution >= 0.6 is 11.6 Å². The molecule has 3 aromatic rings. The van der Waals surface area contributed by atoms with Crippen LogP contribution in [-0.2, 0) is 11.2 Å². The molecular weight excluding hydrogens is 512 g/mol. The second kappa shape index (κ2) is 15.3. The average molecular weight is 552 g/mol. The minimum absolute atomic E-state index is 0.0810. The third-order valence-electron chi connectivity index (χ3n) is 6.33. The van der Waals surface area contributed by atoms with Crippen molar-refractivity contribution in [2.24, 2.45) is 0 Å². The monoisotopic (exact) mass is 551 g/mol. The van der Waals surface area contributed by atoms with Gasteiger partial charge in [-0.25, -0.2) is 4.79 Å². The molecule has 0 bridgehead atoms. The molecule has 0 atom stereocenters. The number of carbonyl (C=O) groups is 2. The zero-order chi connectivity index (χ0) is 28.1. The first-order valence-corrected chi connectivity index (χ1v) is 14.0. The summed E-state index contributed by atoms with van der Waals surface area (Å²) in [6, 6.07) is 22.0. The summed E-state index contributed by atoms with van der Waals surface area (Å²) in [6.45, 7) is 1.37. The summed E-state index contributed by atoms with van der Waals surface area (Å²) in [5.41, 5.74) is 2.67. The number of hydrogen-bond donors (Lipinski definition) is 1. The lowest BCUT2D eigenvalue weighted by atomic mass is 10.1. The Labute approximate surface area is 237 Å². The second-order valence-electron chi connectivity index (χ2n) is 10.5. The van der Waals surface area contributed by atoms with Crippen molar-refractivity contribution in [1.29, 1.82) is 0 Å². The van der Waals surface area contributed by atoms with E-state index in [1.165, 1.54) is 5.69 Å². The number of quaternary nitrogens is 1. The summed E-state index contributed by atoms with van der Waals surface area (Å²) >= 11 is 5.93. The highest BCUT2D eigenvalue weighted by Crippen LogP contribution is 2.20. The fourth-order valence-corrected chi connectivity index (χ4v) is 4.24. The van der Waals surface area contributed by atoms with Gasteiger partial charge < -0.3 is 14.8 Å². The maximum absolute atomic E-state index is 12.2. The number of ether oxygens (including phenoxy) is 2. The van der Waals surface area contributed by atoms with Gasteiger partial charge in [0.05, 0.1) is 39.7 Å². The van der Waals surface area contributed by atoms with Crippen LogP contribution in [0.3, 0.4) is 0 Å². The Morgan fingerprint density at radius 1 is 0.795 bits per heavy atom. The Hall–Kier alpha value is -3.35. The van der Waals surface area contributed by atoms with Gasteiger partial charge in [0.1, 0.15) is 17.2 Å². The Balaban J connectivity index is 1.19. The van der Waals surface area contributed by atoms with Crippen molar-refractivity contribution in [1.82, 2.24) is 9.80 Å². The van der Waals surface area contributed by atoms with Gasteiger partial charge in [-0.3, -0.25) is 9.28 Å². The van der Waals surface area contributed by atoms with Gasteiger partial charge in [0.25, 0.3) is 0 Å². The highest BCUT2D eigenvalue weighted by molar-refractivity contribution is 6.30. The van der Waals surface area contributed by atoms with Crippen LogP contribution in [0.15, 0.2) is 72.8 Å². The maximum Gasteiger partial charge on any atom is 0.343 e. The number of halogens is 1. The molecule has 0 saturated heterocycles. The fraction of sp³-hybridized carbons (Fsp3) is 0.375. The molecule has 39 heavy (non-hydrogen) atoms. The van der Waals surface area contributed by atoms with E-state index in [-0.39, 0.29) is 5.91 Å². The van der Waals surface area contributed by atoms with E-state index in [2.05, 4.69) is 38.6 Å². The van der Waals surface area contributed by atoms with Crippen LogP contribution in [0.5, 0.6) is 11.5 Å². The standard InChI is InChI=1S/C32H39ClN2O4/c1-35(2,3)28-15-13-25(14-16-28)23-31(36)34-21-8-6-4-5-7-9-22-38-29-17-19-30(20-18-29)39-32(37)26-11-10-12-27(33)24-26/h10-20,24H,4-9,21-23H2,1-3H3/p+1. The molecule has 0 aliphatic carbocycles. The molecule has 0 aliphatic heterocycles. The zero-order valence-corrected chi connectivity index (χ0v) is 24.0. The molecule has 0 fully saturated rings. The molecule has 0 heterocycles. The molecule has 7 heteroatoms. The Morgan fingerprint density at radius 2 is 1.44 bits per heavy atom. The first-order valence-electron chi connectivity index (χ1n) is 13.6. The number of amides is 1. The third-order valence-corrected chi connectivity index (χ3v) is 6.57. The largest absolute Gasteiger partial charge is 0.494 e. The Bertz CT molecular complexity index is 1190. The van der Waals surface area contributed by atoms with E-state index in [4.69, 9.17) is 21.1 Å². The van der Waals surface area contributed by atoms with Crippen molar-refractivity contribution in [3.63, 3.8) is 0 Å². The number of rotatable bonds is 15. The number of esters is 1. The van der Waals surface area contributed by atoms with Crippen molar-refractivity contribution in [2.75, 3.05) is 34.3 Å². The topological polar surface area (TPSA) is 64.6 Å². The van der Waals surface area contributed by atoms with Crippen molar-refractivity contribution in [3.8, 4) is 11.5 Å². The van der Waals surface area contributed by atoms with Gasteiger partial charge in [-0.15, -0.1) is 0 Å². The van der Waals surface area contributed by atoms with Crippen LogP contribution in [0, 0.1) is 0 Å². The van der Waals surface area contributed by atoms with Gasteiger partial charge in [-0.05, 0) is 73.0 Å². The van der Waals surface area contributed by atoms with Gasteiger partial charge >= 0.3 is 5.97 Å². The molecule has 3 rings (SSSR count). The molecule has 1 N–H and O–H groups in total. The van der Waals surface area contributed by atoms with Crippen LogP contribution < -0.4 is 19.3 Å². The molecule has 208 valence electrons. The Morgan fingerprint density at radius 3 is 2.10 bits per heavy atom. The first-order chi connectivity index (χ1) is 18.7. The van der Waals surface area contributed by atoms with Gasteiger partial charge in [0.15, 0.2) is 0 Å². The van der Waals surface area contributed by atoms with E-state index in [0.29, 0.717) is 29.4 Å². The lowest BCUT2D eigenvalue weighted by molar-refractivity contribution is -0.120. The van der Waals surface area contributed by atoms with Crippen LogP contribution in [0.25, 0.3) is 0 Å². The highest BCUT2D eigenvalue weighted by atomic mass is 35.5. The molecule has 6 nitrogen and oxygen atoms in total. The zero-order valence-electron chi connectivity index (χ0n) is 23.3. The predicted octanol–water partition coefficient (Wildman–Crippen LogP) is 6.83. The smallest absolute Gasteiger partial charge is 0.343 e. The highest BCUT2D eigenvalue weighted by Gasteiger charge is 2.12. The van der Waals surface area contributed by atoms with E-state index < -0.39 is 5.97 Å². The van der Waals surface area contributed by atoms with Gasteiger partial charge in [-0.1, -0.05) is 55.5 Å². The summed E-state index contributed by atoms with van der Waals surface area (Å²) < 4.78 is 12.0. The summed E-state index contributed by atoms with van der Waals surface area (Å²) in [7, 11) is 6.38. The summed E-state index contributed by atoms with van der Waals surface area (Å²) in [5.74, 6) is 0.836. The quantitative estimate of drug-likeness (QED) is 0.0972. The fourth-order valence-electron chi connectivity index (χ4n) is 4.05. The normalized spacial score (nSPS) is 11.2. The second-order valence-corrected chi connectivity index (χ2v) is 11.0. The number of hydrogen-bond acceptors (Lipinski definition) is 4. The molecule has 0 aromatic heterocycles. The summed E-state index contributed by atoms with van der Waals surface area (Å²) in [5, 5.41) is 3.53. The van der Waals surface area contributed by atoms with Crippen molar-refractivity contribution in [3.05, 3.63) is 88.9 Å². The van der Waals surface area contributed by atoms with E-state index in [0.717, 1.165) is 60.9 Å². The summed E-state index contributed by atoms with van der Waals surface area (Å²) in [4.78, 5) is 24.4. The minimum Gasteiger partial charge on any atom is -0.494 e. The van der Waals surface area contributed by atoms with Gasteiger partial charge in [0.2, 0.25) is 5.91 Å². The first kappa shape index (κ1) is 30.2. The molecule has 0 unspecified atom stereocenters.